The van der Waals surface area contributed by atoms with Gasteiger partial charge in [-0.15, -0.1) is 0 Å². The van der Waals surface area contributed by atoms with Crippen molar-refractivity contribution < 1.29 is 29.4 Å². The van der Waals surface area contributed by atoms with Gasteiger partial charge in [0.25, 0.3) is 5.91 Å². The van der Waals surface area contributed by atoms with Crippen molar-refractivity contribution in [1.29, 1.82) is 0 Å². The van der Waals surface area contributed by atoms with E-state index in [1.54, 1.807) is 24.3 Å². The molecule has 7 N–H and O–H groups in total. The summed E-state index contributed by atoms with van der Waals surface area (Å²) < 4.78 is 0. The topological polar surface area (TPSA) is 235 Å². The van der Waals surface area contributed by atoms with E-state index in [-0.39, 0.29) is 61.1 Å². The molecule has 1 aliphatic rings. The van der Waals surface area contributed by atoms with Crippen LogP contribution in [0.25, 0.3) is 11.2 Å². The van der Waals surface area contributed by atoms with Gasteiger partial charge in [-0.2, -0.15) is 15.1 Å². The van der Waals surface area contributed by atoms with Gasteiger partial charge in [-0.3, -0.25) is 19.2 Å². The first kappa shape index (κ1) is 28.8. The summed E-state index contributed by atoms with van der Waals surface area (Å²) in [5.41, 5.74) is 10.5. The molecule has 15 heteroatoms. The van der Waals surface area contributed by atoms with Gasteiger partial charge in [-0.25, -0.2) is 15.4 Å². The van der Waals surface area contributed by atoms with Crippen molar-refractivity contribution in [3.05, 3.63) is 41.7 Å². The maximum atomic E-state index is 12.7. The van der Waals surface area contributed by atoms with E-state index in [9.17, 15) is 29.4 Å². The predicted octanol–water partition coefficient (Wildman–Crippen LogP) is 1.15. The number of carbonyl (C=O) groups is 4. The maximum absolute atomic E-state index is 12.7. The van der Waals surface area contributed by atoms with Gasteiger partial charge in [-0.05, 0) is 49.9 Å². The number of carboxylic acids is 1. The summed E-state index contributed by atoms with van der Waals surface area (Å²) in [7, 11) is 0. The number of hydrazone groups is 1. The number of hydrogen-bond donors (Lipinski definition) is 6. The number of carboxylic acid groups (broad SMARTS) is 1. The minimum Gasteiger partial charge on any atom is -0.492 e. The zero-order valence-corrected chi connectivity index (χ0v) is 22.0. The molecule has 41 heavy (non-hydrogen) atoms. The highest BCUT2D eigenvalue weighted by Crippen LogP contribution is 2.20. The zero-order valence-electron chi connectivity index (χ0n) is 22.0. The number of amides is 2. The molecule has 214 valence electrons. The Bertz CT molecular complexity index is 1490. The summed E-state index contributed by atoms with van der Waals surface area (Å²) >= 11 is 0. The van der Waals surface area contributed by atoms with Gasteiger partial charge < -0.3 is 26.6 Å². The first-order chi connectivity index (χ1) is 19.7. The number of benzene rings is 1. The monoisotopic (exact) mass is 563 g/mol. The van der Waals surface area contributed by atoms with Gasteiger partial charge in [0, 0.05) is 29.8 Å². The summed E-state index contributed by atoms with van der Waals surface area (Å²) in [6.45, 7) is -0.0226. The maximum Gasteiger partial charge on any atom is 0.306 e. The quantitative estimate of drug-likeness (QED) is 0.127. The highest BCUT2D eigenvalue weighted by molar-refractivity contribution is 5.98. The lowest BCUT2D eigenvalue weighted by Crippen LogP contribution is -2.36. The predicted molar refractivity (Wildman–Crippen MR) is 147 cm³/mol. The first-order valence-corrected chi connectivity index (χ1v) is 12.9. The largest absolute Gasteiger partial charge is 0.492 e. The molecular weight excluding hydrogens is 534 g/mol. The molecule has 1 fully saturated rings. The summed E-state index contributed by atoms with van der Waals surface area (Å²) in [6.07, 6.45) is 3.74. The number of nitrogen functional groups attached to an aromatic ring is 1. The van der Waals surface area contributed by atoms with Crippen LogP contribution in [0.15, 0.2) is 35.6 Å². The number of nitrogens with zero attached hydrogens (tertiary/aromatic N) is 5. The van der Waals surface area contributed by atoms with Crippen molar-refractivity contribution in [1.82, 2.24) is 30.7 Å². The number of aromatic hydroxyl groups is 1. The second kappa shape index (κ2) is 13.2. The molecule has 0 radical (unpaired) electrons. The number of Topliss-reactive ketones (excluding diaryl/α,β-unsaturated/α-hetero) is 1. The van der Waals surface area contributed by atoms with Gasteiger partial charge in [0.1, 0.15) is 0 Å². The lowest BCUT2D eigenvalue weighted by atomic mass is 9.94. The summed E-state index contributed by atoms with van der Waals surface area (Å²) in [5, 5.41) is 29.0. The molecule has 4 rings (SSSR count). The molecule has 15 nitrogen and oxygen atoms in total. The van der Waals surface area contributed by atoms with Crippen molar-refractivity contribution in [3.63, 3.8) is 0 Å². The fourth-order valence-electron chi connectivity index (χ4n) is 3.85. The molecule has 2 heterocycles. The second-order valence-electron chi connectivity index (χ2n) is 9.41. The zero-order chi connectivity index (χ0) is 29.4. The van der Waals surface area contributed by atoms with E-state index in [0.29, 0.717) is 16.9 Å². The van der Waals surface area contributed by atoms with Crippen LogP contribution in [-0.4, -0.2) is 66.0 Å². The molecule has 0 saturated heterocycles. The average molecular weight is 564 g/mol. The molecular formula is C26H29N9O6. The van der Waals surface area contributed by atoms with E-state index in [0.717, 1.165) is 25.0 Å². The van der Waals surface area contributed by atoms with Gasteiger partial charge >= 0.3 is 5.97 Å². The molecule has 1 aromatic carbocycles. The lowest BCUT2D eigenvalue weighted by Gasteiger charge is -2.14. The average Bonchev–Trinajstić information content (AvgIpc) is 2.92. The minimum absolute atomic E-state index is 0.0591. The molecule has 1 saturated carbocycles. The molecule has 3 aromatic rings. The Balaban J connectivity index is 1.23. The Kier molecular flexibility index (Phi) is 9.29. The summed E-state index contributed by atoms with van der Waals surface area (Å²) in [6, 6.07) is 6.45. The molecule has 0 bridgehead atoms. The Labute approximate surface area is 233 Å². The number of aromatic nitrogens is 4. The molecule has 1 aliphatic carbocycles. The van der Waals surface area contributed by atoms with Crippen LogP contribution >= 0.6 is 0 Å². The highest BCUT2D eigenvalue weighted by atomic mass is 16.4. The number of carbonyl (C=O) groups excluding carboxylic acids is 3. The SMILES string of the molecule is Nc1nc(O)c2nc(CNc3ccc(C(=O)CC(CCC(=O)NCC(=O)NN=C4CCC4)C(=O)O)cc3)cnc2n1. The van der Waals surface area contributed by atoms with E-state index in [1.807, 2.05) is 0 Å². The standard InChI is InChI=1S/C26H29N9O6/c27-26-32-23-22(24(39)33-26)31-18(12-30-23)11-28-16-7-4-14(5-8-16)19(36)10-15(25(40)41)6-9-20(37)29-13-21(38)35-34-17-2-1-3-17/h4-5,7-8,12,15,28H,1-3,6,9-11,13H2,(H,29,37)(H,35,38)(H,40,41)(H3,27,30,32,33,39). The number of nitrogens with one attached hydrogen (secondary N) is 3. The Morgan fingerprint density at radius 1 is 1.05 bits per heavy atom. The van der Waals surface area contributed by atoms with Crippen molar-refractivity contribution in [2.45, 2.75) is 45.1 Å². The van der Waals surface area contributed by atoms with Crippen molar-refractivity contribution in [2.24, 2.45) is 11.0 Å². The third-order valence-corrected chi connectivity index (χ3v) is 6.35. The van der Waals surface area contributed by atoms with Gasteiger partial charge in [0.2, 0.25) is 17.7 Å². The third-order valence-electron chi connectivity index (χ3n) is 6.35. The fourth-order valence-corrected chi connectivity index (χ4v) is 3.85. The number of rotatable bonds is 13. The van der Waals surface area contributed by atoms with Crippen LogP contribution in [-0.2, 0) is 20.9 Å². The Hall–Kier alpha value is -5.21. The van der Waals surface area contributed by atoms with Crippen LogP contribution < -0.4 is 21.8 Å². The number of fused-ring (bicyclic) bond motifs is 1. The van der Waals surface area contributed by atoms with Crippen LogP contribution in [0.2, 0.25) is 0 Å². The highest BCUT2D eigenvalue weighted by Gasteiger charge is 2.23. The first-order valence-electron chi connectivity index (χ1n) is 12.9. The van der Waals surface area contributed by atoms with Gasteiger partial charge in [0.05, 0.1) is 30.9 Å². The number of anilines is 2. The number of hydrogen-bond acceptors (Lipinski definition) is 12. The summed E-state index contributed by atoms with van der Waals surface area (Å²) in [4.78, 5) is 64.2. The van der Waals surface area contributed by atoms with E-state index >= 15 is 0 Å². The van der Waals surface area contributed by atoms with Crippen molar-refractivity contribution in [2.75, 3.05) is 17.6 Å². The van der Waals surface area contributed by atoms with Crippen molar-refractivity contribution >= 4 is 52.1 Å². The number of ketones is 1. The number of nitrogens with two attached hydrogens (primary N) is 1. The van der Waals surface area contributed by atoms with E-state index in [2.05, 4.69) is 41.1 Å². The van der Waals surface area contributed by atoms with E-state index in [4.69, 9.17) is 5.73 Å². The van der Waals surface area contributed by atoms with E-state index in [1.165, 1.54) is 6.20 Å². The molecule has 1 atom stereocenters. The van der Waals surface area contributed by atoms with Gasteiger partial charge in [-0.1, -0.05) is 0 Å². The third kappa shape index (κ3) is 8.14. The van der Waals surface area contributed by atoms with Crippen LogP contribution in [0.4, 0.5) is 11.6 Å². The summed E-state index contributed by atoms with van der Waals surface area (Å²) in [5.74, 6) is -4.08. The van der Waals surface area contributed by atoms with Crippen molar-refractivity contribution in [3.8, 4) is 5.88 Å². The smallest absolute Gasteiger partial charge is 0.306 e. The van der Waals surface area contributed by atoms with Crippen LogP contribution in [0.1, 0.15) is 54.6 Å². The molecule has 0 aliphatic heterocycles. The fraction of sp³-hybridized carbons (Fsp3) is 0.346. The molecule has 1 unspecified atom stereocenters. The van der Waals surface area contributed by atoms with Gasteiger partial charge in [0.15, 0.2) is 16.9 Å². The minimum atomic E-state index is -1.19. The van der Waals surface area contributed by atoms with Crippen LogP contribution in [0.3, 0.4) is 0 Å². The van der Waals surface area contributed by atoms with Crippen LogP contribution in [0.5, 0.6) is 5.88 Å². The number of aliphatic carboxylic acids is 1. The molecule has 2 aromatic heterocycles. The molecule has 2 amide bonds. The lowest BCUT2D eigenvalue weighted by molar-refractivity contribution is -0.142. The van der Waals surface area contributed by atoms with E-state index < -0.39 is 23.7 Å². The Morgan fingerprint density at radius 3 is 2.49 bits per heavy atom. The van der Waals surface area contributed by atoms with Crippen LogP contribution in [0, 0.1) is 5.92 Å². The molecule has 0 spiro atoms. The normalized spacial score (nSPS) is 13.1. The Morgan fingerprint density at radius 2 is 1.80 bits per heavy atom. The second-order valence-corrected chi connectivity index (χ2v) is 9.41.